The minimum atomic E-state index is 0.0309. The van der Waals surface area contributed by atoms with Gasteiger partial charge < -0.3 is 9.80 Å². The Morgan fingerprint density at radius 2 is 1.81 bits per heavy atom. The lowest BCUT2D eigenvalue weighted by molar-refractivity contribution is -0.133. The van der Waals surface area contributed by atoms with Crippen LogP contribution in [0.15, 0.2) is 0 Å². The van der Waals surface area contributed by atoms with Crippen molar-refractivity contribution in [1.29, 1.82) is 0 Å². The van der Waals surface area contributed by atoms with Crippen LogP contribution in [0.25, 0.3) is 0 Å². The zero-order valence-corrected chi connectivity index (χ0v) is 14.9. The number of hydrogen-bond acceptors (Lipinski definition) is 3. The summed E-state index contributed by atoms with van der Waals surface area (Å²) in [7, 11) is 4.19. The SMILES string of the molecule is CCCC1NC(CCC)N(C(CC(C)C)CN(C)C)C1=O. The Morgan fingerprint density at radius 3 is 2.29 bits per heavy atom. The molecule has 1 amide bonds. The smallest absolute Gasteiger partial charge is 0.241 e. The van der Waals surface area contributed by atoms with Crippen molar-refractivity contribution in [3.63, 3.8) is 0 Å². The van der Waals surface area contributed by atoms with Gasteiger partial charge in [-0.25, -0.2) is 0 Å². The fourth-order valence-electron chi connectivity index (χ4n) is 3.38. The van der Waals surface area contributed by atoms with Gasteiger partial charge in [-0.1, -0.05) is 40.5 Å². The van der Waals surface area contributed by atoms with Gasteiger partial charge in [-0.15, -0.1) is 0 Å². The second kappa shape index (κ2) is 8.74. The Bertz CT molecular complexity index is 307. The van der Waals surface area contributed by atoms with Crippen LogP contribution in [0.1, 0.15) is 59.8 Å². The summed E-state index contributed by atoms with van der Waals surface area (Å²) >= 11 is 0. The van der Waals surface area contributed by atoms with Gasteiger partial charge in [-0.3, -0.25) is 10.1 Å². The Hall–Kier alpha value is -0.610. The van der Waals surface area contributed by atoms with Crippen LogP contribution in [-0.2, 0) is 4.79 Å². The van der Waals surface area contributed by atoms with E-state index in [-0.39, 0.29) is 12.2 Å². The number of amides is 1. The maximum Gasteiger partial charge on any atom is 0.241 e. The predicted octanol–water partition coefficient (Wildman–Crippen LogP) is 2.69. The fourth-order valence-corrected chi connectivity index (χ4v) is 3.38. The Balaban J connectivity index is 2.90. The Kier molecular flexibility index (Phi) is 7.67. The minimum absolute atomic E-state index is 0.0309. The minimum Gasteiger partial charge on any atom is -0.322 e. The van der Waals surface area contributed by atoms with Gasteiger partial charge in [0.25, 0.3) is 0 Å². The molecule has 1 rings (SSSR count). The summed E-state index contributed by atoms with van der Waals surface area (Å²) in [6, 6.07) is 0.349. The third kappa shape index (κ3) is 5.26. The molecule has 3 unspecified atom stereocenters. The van der Waals surface area contributed by atoms with E-state index in [2.05, 4.69) is 56.9 Å². The summed E-state index contributed by atoms with van der Waals surface area (Å²) in [5, 5.41) is 3.58. The van der Waals surface area contributed by atoms with Gasteiger partial charge in [-0.2, -0.15) is 0 Å². The molecule has 4 nitrogen and oxygen atoms in total. The standard InChI is InChI=1S/C17H35N3O/c1-7-9-15-17(21)20(16(18-15)10-8-2)14(11-13(3)4)12-19(5)6/h13-16,18H,7-12H2,1-6H3. The van der Waals surface area contributed by atoms with E-state index in [0.29, 0.717) is 17.9 Å². The molecule has 0 aliphatic carbocycles. The third-order valence-corrected chi connectivity index (χ3v) is 4.13. The van der Waals surface area contributed by atoms with Crippen LogP contribution < -0.4 is 5.32 Å². The van der Waals surface area contributed by atoms with Crippen LogP contribution in [0.4, 0.5) is 0 Å². The number of nitrogens with one attached hydrogen (secondary N) is 1. The molecule has 0 aromatic heterocycles. The molecule has 0 spiro atoms. The van der Waals surface area contributed by atoms with Crippen LogP contribution >= 0.6 is 0 Å². The number of carbonyl (C=O) groups is 1. The summed E-state index contributed by atoms with van der Waals surface area (Å²) in [4.78, 5) is 17.2. The first-order valence-corrected chi connectivity index (χ1v) is 8.63. The molecule has 0 bridgehead atoms. The first kappa shape index (κ1) is 18.4. The van der Waals surface area contributed by atoms with Crippen molar-refractivity contribution in [3.05, 3.63) is 0 Å². The van der Waals surface area contributed by atoms with Crippen LogP contribution in [0, 0.1) is 5.92 Å². The zero-order chi connectivity index (χ0) is 16.0. The van der Waals surface area contributed by atoms with Gasteiger partial charge in [0.1, 0.15) is 0 Å². The van der Waals surface area contributed by atoms with E-state index in [4.69, 9.17) is 0 Å². The average molecular weight is 297 g/mol. The third-order valence-electron chi connectivity index (χ3n) is 4.13. The Morgan fingerprint density at radius 1 is 1.19 bits per heavy atom. The molecule has 1 aliphatic heterocycles. The average Bonchev–Trinajstić information content (AvgIpc) is 2.65. The largest absolute Gasteiger partial charge is 0.322 e. The van der Waals surface area contributed by atoms with E-state index in [0.717, 1.165) is 38.6 Å². The number of hydrogen-bond donors (Lipinski definition) is 1. The molecule has 1 aliphatic rings. The number of carbonyl (C=O) groups excluding carboxylic acids is 1. The van der Waals surface area contributed by atoms with E-state index in [1.807, 2.05) is 0 Å². The first-order valence-electron chi connectivity index (χ1n) is 8.63. The maximum atomic E-state index is 12.8. The van der Waals surface area contributed by atoms with Gasteiger partial charge in [0, 0.05) is 12.6 Å². The molecule has 0 aromatic rings. The monoisotopic (exact) mass is 297 g/mol. The van der Waals surface area contributed by atoms with Crippen molar-refractivity contribution < 1.29 is 4.79 Å². The van der Waals surface area contributed by atoms with Crippen molar-refractivity contribution in [3.8, 4) is 0 Å². The van der Waals surface area contributed by atoms with Gasteiger partial charge in [0.05, 0.1) is 12.2 Å². The second-order valence-electron chi connectivity index (χ2n) is 7.10. The van der Waals surface area contributed by atoms with E-state index in [9.17, 15) is 4.79 Å². The first-order chi connectivity index (χ1) is 9.90. The fraction of sp³-hybridized carbons (Fsp3) is 0.941. The zero-order valence-electron chi connectivity index (χ0n) is 14.9. The molecule has 0 radical (unpaired) electrons. The van der Waals surface area contributed by atoms with E-state index in [1.54, 1.807) is 0 Å². The van der Waals surface area contributed by atoms with E-state index < -0.39 is 0 Å². The normalized spacial score (nSPS) is 24.4. The van der Waals surface area contributed by atoms with Crippen LogP contribution in [-0.4, -0.2) is 54.6 Å². The molecule has 1 saturated heterocycles. The van der Waals surface area contributed by atoms with Gasteiger partial charge >= 0.3 is 0 Å². The molecule has 1 fully saturated rings. The number of likely N-dealkylation sites (N-methyl/N-ethyl adjacent to an activating group) is 1. The van der Waals surface area contributed by atoms with Crippen molar-refractivity contribution >= 4 is 5.91 Å². The maximum absolute atomic E-state index is 12.8. The van der Waals surface area contributed by atoms with Gasteiger partial charge in [0.2, 0.25) is 5.91 Å². The lowest BCUT2D eigenvalue weighted by atomic mass is 10.0. The highest BCUT2D eigenvalue weighted by Crippen LogP contribution is 2.24. The van der Waals surface area contributed by atoms with Gasteiger partial charge in [-0.05, 0) is 39.3 Å². The molecule has 1 N–H and O–H groups in total. The topological polar surface area (TPSA) is 35.6 Å². The number of rotatable bonds is 9. The van der Waals surface area contributed by atoms with Crippen molar-refractivity contribution in [1.82, 2.24) is 15.1 Å². The molecule has 124 valence electrons. The molecule has 0 saturated carbocycles. The van der Waals surface area contributed by atoms with Gasteiger partial charge in [0.15, 0.2) is 0 Å². The molecular formula is C17H35N3O. The van der Waals surface area contributed by atoms with Crippen LogP contribution in [0.2, 0.25) is 0 Å². The molecule has 3 atom stereocenters. The number of nitrogens with zero attached hydrogens (tertiary/aromatic N) is 2. The predicted molar refractivity (Wildman–Crippen MR) is 89.2 cm³/mol. The molecule has 21 heavy (non-hydrogen) atoms. The van der Waals surface area contributed by atoms with Crippen molar-refractivity contribution in [2.75, 3.05) is 20.6 Å². The highest BCUT2D eigenvalue weighted by molar-refractivity contribution is 5.84. The summed E-state index contributed by atoms with van der Waals surface area (Å²) in [5.74, 6) is 0.929. The summed E-state index contributed by atoms with van der Waals surface area (Å²) in [6.45, 7) is 9.79. The van der Waals surface area contributed by atoms with Crippen molar-refractivity contribution in [2.45, 2.75) is 78.0 Å². The quantitative estimate of drug-likeness (QED) is 0.711. The van der Waals surface area contributed by atoms with E-state index >= 15 is 0 Å². The molecule has 0 aromatic carbocycles. The van der Waals surface area contributed by atoms with Crippen LogP contribution in [0.3, 0.4) is 0 Å². The molecular weight excluding hydrogens is 262 g/mol. The summed E-state index contributed by atoms with van der Waals surface area (Å²) in [5.41, 5.74) is 0. The Labute approximate surface area is 131 Å². The molecule has 1 heterocycles. The molecule has 4 heteroatoms. The van der Waals surface area contributed by atoms with E-state index in [1.165, 1.54) is 0 Å². The van der Waals surface area contributed by atoms with Crippen molar-refractivity contribution in [2.24, 2.45) is 5.92 Å². The highest BCUT2D eigenvalue weighted by atomic mass is 16.2. The highest BCUT2D eigenvalue weighted by Gasteiger charge is 2.41. The summed E-state index contributed by atoms with van der Waals surface area (Å²) < 4.78 is 0. The second-order valence-corrected chi connectivity index (χ2v) is 7.10. The lowest BCUT2D eigenvalue weighted by Crippen LogP contribution is -2.49. The lowest BCUT2D eigenvalue weighted by Gasteiger charge is -2.35. The summed E-state index contributed by atoms with van der Waals surface area (Å²) in [6.07, 6.45) is 5.46. The van der Waals surface area contributed by atoms with Crippen LogP contribution in [0.5, 0.6) is 0 Å².